The maximum atomic E-state index is 7.75. The number of hydrogen-bond acceptors (Lipinski definition) is 4. The van der Waals surface area contributed by atoms with E-state index in [1.807, 2.05) is 13.8 Å². The molecule has 0 unspecified atom stereocenters. The van der Waals surface area contributed by atoms with Gasteiger partial charge in [0.15, 0.2) is 5.82 Å². The molecule has 0 spiro atoms. The van der Waals surface area contributed by atoms with Crippen LogP contribution in [0.4, 0.5) is 5.82 Å². The van der Waals surface area contributed by atoms with Gasteiger partial charge in [-0.3, -0.25) is 5.41 Å². The van der Waals surface area contributed by atoms with Gasteiger partial charge in [0.05, 0.1) is 16.1 Å². The molecule has 20 heavy (non-hydrogen) atoms. The van der Waals surface area contributed by atoms with Gasteiger partial charge in [0, 0.05) is 5.56 Å². The summed E-state index contributed by atoms with van der Waals surface area (Å²) in [5.41, 5.74) is 6.87. The summed E-state index contributed by atoms with van der Waals surface area (Å²) >= 11 is 12.1. The van der Waals surface area contributed by atoms with Crippen LogP contribution < -0.4 is 11.4 Å². The number of hydrogen-bond donors (Lipinski definition) is 2. The largest absolute Gasteiger partial charge is 0.382 e. The van der Waals surface area contributed by atoms with Crippen LogP contribution in [0, 0.1) is 5.41 Å². The minimum atomic E-state index is -0.00249. The first-order chi connectivity index (χ1) is 8.91. The Hall–Kier alpha value is -1.30. The number of anilines is 1. The molecular formula is C12H14Cl3N5. The highest BCUT2D eigenvalue weighted by Gasteiger charge is 2.14. The summed E-state index contributed by atoms with van der Waals surface area (Å²) in [4.78, 5) is 3.99. The molecule has 1 aromatic heterocycles. The second kappa shape index (κ2) is 6.43. The highest BCUT2D eigenvalue weighted by molar-refractivity contribution is 6.43. The third-order valence-corrected chi connectivity index (χ3v) is 3.41. The van der Waals surface area contributed by atoms with Crippen molar-refractivity contribution in [2.24, 2.45) is 0 Å². The smallest absolute Gasteiger partial charge is 0.240 e. The second-order valence-corrected chi connectivity index (χ2v) is 5.09. The number of nitrogen functional groups attached to an aromatic ring is 1. The number of nitrogens with two attached hydrogens (primary N) is 1. The normalized spacial score (nSPS) is 10.4. The van der Waals surface area contributed by atoms with E-state index in [1.54, 1.807) is 18.2 Å². The van der Waals surface area contributed by atoms with Crippen molar-refractivity contribution in [3.8, 4) is 11.3 Å². The molecule has 0 amide bonds. The fraction of sp³-hybridized carbons (Fsp3) is 0.250. The third kappa shape index (κ3) is 3.06. The van der Waals surface area contributed by atoms with E-state index in [1.165, 1.54) is 4.68 Å². The first-order valence-electron chi connectivity index (χ1n) is 5.67. The zero-order chi connectivity index (χ0) is 14.2. The summed E-state index contributed by atoms with van der Waals surface area (Å²) in [6.45, 7) is 3.82. The molecule has 2 aromatic rings. The Morgan fingerprint density at radius 3 is 2.55 bits per heavy atom. The molecule has 0 atom stereocenters. The SMILES string of the molecule is CC(C)n1nc(-c2cccc(Cl)c2Cl)c(N)nc1=N.Cl. The molecule has 0 saturated heterocycles. The lowest BCUT2D eigenvalue weighted by Crippen LogP contribution is -2.29. The second-order valence-electron chi connectivity index (χ2n) is 4.31. The van der Waals surface area contributed by atoms with Crippen molar-refractivity contribution >= 4 is 41.4 Å². The Kier molecular flexibility index (Phi) is 5.39. The summed E-state index contributed by atoms with van der Waals surface area (Å²) < 4.78 is 1.48. The van der Waals surface area contributed by atoms with Crippen LogP contribution in [-0.4, -0.2) is 14.8 Å². The summed E-state index contributed by atoms with van der Waals surface area (Å²) in [7, 11) is 0. The number of rotatable bonds is 2. The first-order valence-corrected chi connectivity index (χ1v) is 6.42. The van der Waals surface area contributed by atoms with Gasteiger partial charge in [-0.25, -0.2) is 4.68 Å². The van der Waals surface area contributed by atoms with Crippen LogP contribution in [0.15, 0.2) is 18.2 Å². The Morgan fingerprint density at radius 2 is 1.95 bits per heavy atom. The Labute approximate surface area is 132 Å². The van der Waals surface area contributed by atoms with E-state index in [4.69, 9.17) is 34.3 Å². The predicted octanol–water partition coefficient (Wildman–Crippen LogP) is 3.32. The van der Waals surface area contributed by atoms with Crippen LogP contribution in [0.25, 0.3) is 11.3 Å². The minimum absolute atomic E-state index is 0. The van der Waals surface area contributed by atoms with E-state index in [0.29, 0.717) is 21.3 Å². The number of nitrogens with zero attached hydrogens (tertiary/aromatic N) is 3. The molecule has 0 radical (unpaired) electrons. The summed E-state index contributed by atoms with van der Waals surface area (Å²) in [6, 6.07) is 5.21. The molecule has 0 fully saturated rings. The number of aromatic nitrogens is 3. The van der Waals surface area contributed by atoms with Gasteiger partial charge >= 0.3 is 0 Å². The van der Waals surface area contributed by atoms with E-state index in [9.17, 15) is 0 Å². The first kappa shape index (κ1) is 16.8. The van der Waals surface area contributed by atoms with Crippen molar-refractivity contribution in [2.75, 3.05) is 5.73 Å². The Bertz CT molecular complexity index is 681. The van der Waals surface area contributed by atoms with E-state index in [2.05, 4.69) is 10.1 Å². The lowest BCUT2D eigenvalue weighted by molar-refractivity contribution is 0.479. The van der Waals surface area contributed by atoms with Gasteiger partial charge in [-0.1, -0.05) is 35.3 Å². The molecule has 0 bridgehead atoms. The molecule has 8 heteroatoms. The van der Waals surface area contributed by atoms with Gasteiger partial charge in [0.2, 0.25) is 5.62 Å². The van der Waals surface area contributed by atoms with Gasteiger partial charge < -0.3 is 5.73 Å². The van der Waals surface area contributed by atoms with Gasteiger partial charge in [-0.05, 0) is 19.9 Å². The van der Waals surface area contributed by atoms with Crippen molar-refractivity contribution in [2.45, 2.75) is 19.9 Å². The fourth-order valence-electron chi connectivity index (χ4n) is 1.66. The van der Waals surface area contributed by atoms with E-state index in [0.717, 1.165) is 0 Å². The van der Waals surface area contributed by atoms with Gasteiger partial charge in [0.1, 0.15) is 5.69 Å². The molecule has 0 saturated carbocycles. The zero-order valence-corrected chi connectivity index (χ0v) is 13.2. The predicted molar refractivity (Wildman–Crippen MR) is 83.4 cm³/mol. The maximum Gasteiger partial charge on any atom is 0.240 e. The highest BCUT2D eigenvalue weighted by Crippen LogP contribution is 2.33. The van der Waals surface area contributed by atoms with Crippen LogP contribution in [0.3, 0.4) is 0 Å². The summed E-state index contributed by atoms with van der Waals surface area (Å²) in [5.74, 6) is 0.158. The van der Waals surface area contributed by atoms with E-state index < -0.39 is 0 Å². The fourth-order valence-corrected chi connectivity index (χ4v) is 2.05. The topological polar surface area (TPSA) is 80.6 Å². The molecule has 0 aliphatic rings. The lowest BCUT2D eigenvalue weighted by Gasteiger charge is -2.13. The molecule has 0 aliphatic heterocycles. The molecule has 1 aromatic carbocycles. The van der Waals surface area contributed by atoms with Crippen LogP contribution in [0.2, 0.25) is 10.0 Å². The van der Waals surface area contributed by atoms with Crippen LogP contribution in [0.1, 0.15) is 19.9 Å². The van der Waals surface area contributed by atoms with Crippen molar-refractivity contribution in [1.29, 1.82) is 5.41 Å². The molecule has 3 N–H and O–H groups in total. The van der Waals surface area contributed by atoms with Gasteiger partial charge in [-0.15, -0.1) is 12.4 Å². The molecule has 1 heterocycles. The molecule has 2 rings (SSSR count). The Morgan fingerprint density at radius 1 is 1.30 bits per heavy atom. The van der Waals surface area contributed by atoms with Crippen LogP contribution in [0.5, 0.6) is 0 Å². The Balaban J connectivity index is 0.00000200. The monoisotopic (exact) mass is 333 g/mol. The molecule has 0 aliphatic carbocycles. The molecule has 5 nitrogen and oxygen atoms in total. The van der Waals surface area contributed by atoms with E-state index in [-0.39, 0.29) is 29.9 Å². The van der Waals surface area contributed by atoms with Crippen molar-refractivity contribution in [3.63, 3.8) is 0 Å². The quantitative estimate of drug-likeness (QED) is 0.884. The summed E-state index contributed by atoms with van der Waals surface area (Å²) in [5, 5.41) is 12.9. The maximum absolute atomic E-state index is 7.75. The van der Waals surface area contributed by atoms with Crippen LogP contribution in [-0.2, 0) is 0 Å². The standard InChI is InChI=1S/C12H13Cl2N5.ClH/c1-6(2)19-12(16)17-11(15)10(18-19)7-4-3-5-8(13)9(7)14;/h3-6H,1-2H3,(H3,15,16,17);1H. The van der Waals surface area contributed by atoms with E-state index >= 15 is 0 Å². The lowest BCUT2D eigenvalue weighted by atomic mass is 10.1. The van der Waals surface area contributed by atoms with Crippen molar-refractivity contribution < 1.29 is 0 Å². The summed E-state index contributed by atoms with van der Waals surface area (Å²) in [6.07, 6.45) is 0. The third-order valence-electron chi connectivity index (χ3n) is 2.59. The van der Waals surface area contributed by atoms with Crippen molar-refractivity contribution in [1.82, 2.24) is 14.8 Å². The van der Waals surface area contributed by atoms with Gasteiger partial charge in [0.25, 0.3) is 0 Å². The average molecular weight is 335 g/mol. The minimum Gasteiger partial charge on any atom is -0.382 e. The van der Waals surface area contributed by atoms with Crippen LogP contribution >= 0.6 is 35.6 Å². The number of halogens is 3. The molecular weight excluding hydrogens is 321 g/mol. The number of benzene rings is 1. The average Bonchev–Trinajstić information content (AvgIpc) is 2.33. The molecule has 108 valence electrons. The zero-order valence-electron chi connectivity index (χ0n) is 10.9. The van der Waals surface area contributed by atoms with Gasteiger partial charge in [-0.2, -0.15) is 10.1 Å². The van der Waals surface area contributed by atoms with Crippen molar-refractivity contribution in [3.05, 3.63) is 33.9 Å². The number of nitrogens with one attached hydrogen (secondary N) is 1. The highest BCUT2D eigenvalue weighted by atomic mass is 35.5.